The van der Waals surface area contributed by atoms with Crippen LogP contribution in [0.15, 0.2) is 55.0 Å². The van der Waals surface area contributed by atoms with E-state index in [-0.39, 0.29) is 5.91 Å². The zero-order valence-corrected chi connectivity index (χ0v) is 13.6. The molecule has 0 aliphatic rings. The maximum Gasteiger partial charge on any atom is 0.416 e. The van der Waals surface area contributed by atoms with Gasteiger partial charge in [-0.1, -0.05) is 12.1 Å². The Labute approximate surface area is 145 Å². The molecule has 2 aromatic heterocycles. The number of amides is 1. The fourth-order valence-corrected chi connectivity index (χ4v) is 2.97. The summed E-state index contributed by atoms with van der Waals surface area (Å²) in [5, 5.41) is 3.12. The van der Waals surface area contributed by atoms with Gasteiger partial charge in [-0.2, -0.15) is 13.2 Å². The van der Waals surface area contributed by atoms with E-state index in [2.05, 4.69) is 15.3 Å². The molecule has 0 saturated heterocycles. The lowest BCUT2D eigenvalue weighted by molar-refractivity contribution is -0.137. The van der Waals surface area contributed by atoms with Gasteiger partial charge in [-0.3, -0.25) is 15.1 Å². The molecule has 0 unspecified atom stereocenters. The zero-order valence-electron chi connectivity index (χ0n) is 12.7. The molecule has 0 fully saturated rings. The number of thiazole rings is 1. The molecule has 3 rings (SSSR count). The van der Waals surface area contributed by atoms with E-state index in [4.69, 9.17) is 0 Å². The van der Waals surface area contributed by atoms with Crippen LogP contribution in [-0.4, -0.2) is 15.9 Å². The number of hydrogen-bond donors (Lipinski definition) is 1. The highest BCUT2D eigenvalue weighted by Gasteiger charge is 2.29. The SMILES string of the molecule is O=C(Nc1ncc(Cc2ccc(C(F)(F)F)cc2)s1)c1ccncc1. The van der Waals surface area contributed by atoms with E-state index in [0.29, 0.717) is 17.1 Å². The molecule has 0 aliphatic carbocycles. The van der Waals surface area contributed by atoms with Gasteiger partial charge in [0.25, 0.3) is 5.91 Å². The topological polar surface area (TPSA) is 54.9 Å². The maximum atomic E-state index is 12.6. The van der Waals surface area contributed by atoms with E-state index in [1.807, 2.05) is 0 Å². The van der Waals surface area contributed by atoms with E-state index < -0.39 is 11.7 Å². The predicted octanol–water partition coefficient (Wildman–Crippen LogP) is 4.40. The number of nitrogens with one attached hydrogen (secondary N) is 1. The molecule has 1 amide bonds. The van der Waals surface area contributed by atoms with Crippen LogP contribution >= 0.6 is 11.3 Å². The Balaban J connectivity index is 1.65. The number of anilines is 1. The number of carbonyl (C=O) groups is 1. The molecular formula is C17H12F3N3OS. The van der Waals surface area contributed by atoms with E-state index in [9.17, 15) is 18.0 Å². The van der Waals surface area contributed by atoms with Gasteiger partial charge in [-0.15, -0.1) is 11.3 Å². The van der Waals surface area contributed by atoms with Gasteiger partial charge in [0.05, 0.1) is 5.56 Å². The smallest absolute Gasteiger partial charge is 0.298 e. The zero-order chi connectivity index (χ0) is 17.9. The second-order valence-electron chi connectivity index (χ2n) is 5.19. The van der Waals surface area contributed by atoms with Crippen molar-refractivity contribution in [1.29, 1.82) is 0 Å². The minimum atomic E-state index is -4.34. The van der Waals surface area contributed by atoms with E-state index in [0.717, 1.165) is 22.6 Å². The first-order chi connectivity index (χ1) is 11.9. The van der Waals surface area contributed by atoms with Crippen molar-refractivity contribution in [3.63, 3.8) is 0 Å². The monoisotopic (exact) mass is 363 g/mol. The largest absolute Gasteiger partial charge is 0.416 e. The molecule has 8 heteroatoms. The number of hydrogen-bond acceptors (Lipinski definition) is 4. The maximum absolute atomic E-state index is 12.6. The van der Waals surface area contributed by atoms with Crippen LogP contribution in [0, 0.1) is 0 Å². The number of benzene rings is 1. The molecular weight excluding hydrogens is 351 g/mol. The summed E-state index contributed by atoms with van der Waals surface area (Å²) in [6.07, 6.45) is 0.748. The normalized spacial score (nSPS) is 11.3. The van der Waals surface area contributed by atoms with Crippen molar-refractivity contribution >= 4 is 22.4 Å². The van der Waals surface area contributed by atoms with Crippen LogP contribution in [0.1, 0.15) is 26.4 Å². The summed E-state index contributed by atoms with van der Waals surface area (Å²) in [7, 11) is 0. The van der Waals surface area contributed by atoms with Crippen LogP contribution in [0.25, 0.3) is 0 Å². The fourth-order valence-electron chi connectivity index (χ4n) is 2.13. The Morgan fingerprint density at radius 2 is 1.76 bits per heavy atom. The molecule has 0 spiro atoms. The molecule has 2 heterocycles. The first kappa shape index (κ1) is 17.1. The third-order valence-corrected chi connectivity index (χ3v) is 4.29. The number of alkyl halides is 3. The van der Waals surface area contributed by atoms with Crippen LogP contribution in [-0.2, 0) is 12.6 Å². The van der Waals surface area contributed by atoms with E-state index in [1.165, 1.54) is 35.9 Å². The van der Waals surface area contributed by atoms with Crippen molar-refractivity contribution in [2.45, 2.75) is 12.6 Å². The van der Waals surface area contributed by atoms with Crippen LogP contribution in [0.2, 0.25) is 0 Å². The third kappa shape index (κ3) is 4.42. The summed E-state index contributed by atoms with van der Waals surface area (Å²) in [6, 6.07) is 8.18. The highest BCUT2D eigenvalue weighted by atomic mass is 32.1. The first-order valence-corrected chi connectivity index (χ1v) is 8.06. The Hall–Kier alpha value is -2.74. The Morgan fingerprint density at radius 1 is 1.08 bits per heavy atom. The fraction of sp³-hybridized carbons (Fsp3) is 0.118. The molecule has 1 aromatic carbocycles. The van der Waals surface area contributed by atoms with E-state index >= 15 is 0 Å². The summed E-state index contributed by atoms with van der Waals surface area (Å²) >= 11 is 1.28. The Kier molecular flexibility index (Phi) is 4.80. The average Bonchev–Trinajstić information content (AvgIpc) is 3.02. The number of aromatic nitrogens is 2. The van der Waals surface area contributed by atoms with Gasteiger partial charge in [0.1, 0.15) is 0 Å². The number of carbonyl (C=O) groups excluding carboxylic acids is 1. The summed E-state index contributed by atoms with van der Waals surface area (Å²) < 4.78 is 37.7. The van der Waals surface area contributed by atoms with Gasteiger partial charge in [0, 0.05) is 35.5 Å². The summed E-state index contributed by atoms with van der Waals surface area (Å²) in [6.45, 7) is 0. The van der Waals surface area contributed by atoms with Gasteiger partial charge in [0.2, 0.25) is 0 Å². The first-order valence-electron chi connectivity index (χ1n) is 7.24. The standard InChI is InChI=1S/C17H12F3N3OS/c18-17(19,20)13-3-1-11(2-4-13)9-14-10-22-16(25-14)23-15(24)12-5-7-21-8-6-12/h1-8,10H,9H2,(H,22,23,24). The Bertz CT molecular complexity index is 861. The van der Waals surface area contributed by atoms with Crippen molar-refractivity contribution in [1.82, 2.24) is 9.97 Å². The summed E-state index contributed by atoms with van der Waals surface area (Å²) in [5.41, 5.74) is 0.531. The lowest BCUT2D eigenvalue weighted by Crippen LogP contribution is -2.11. The second kappa shape index (κ2) is 7.02. The van der Waals surface area contributed by atoms with Crippen LogP contribution in [0.5, 0.6) is 0 Å². The van der Waals surface area contributed by atoms with Crippen molar-refractivity contribution in [3.8, 4) is 0 Å². The average molecular weight is 363 g/mol. The van der Waals surface area contributed by atoms with Crippen molar-refractivity contribution < 1.29 is 18.0 Å². The van der Waals surface area contributed by atoms with Crippen LogP contribution in [0.3, 0.4) is 0 Å². The second-order valence-corrected chi connectivity index (χ2v) is 6.31. The van der Waals surface area contributed by atoms with Gasteiger partial charge < -0.3 is 0 Å². The van der Waals surface area contributed by atoms with E-state index in [1.54, 1.807) is 18.3 Å². The number of halogens is 3. The molecule has 3 aromatic rings. The van der Waals surface area contributed by atoms with Crippen LogP contribution in [0.4, 0.5) is 18.3 Å². The number of rotatable bonds is 4. The van der Waals surface area contributed by atoms with Gasteiger partial charge in [-0.05, 0) is 29.8 Å². The molecule has 0 aliphatic heterocycles. The quantitative estimate of drug-likeness (QED) is 0.747. The molecule has 0 radical (unpaired) electrons. The molecule has 128 valence electrons. The Morgan fingerprint density at radius 3 is 2.40 bits per heavy atom. The molecule has 1 N–H and O–H groups in total. The summed E-state index contributed by atoms with van der Waals surface area (Å²) in [4.78, 5) is 20.8. The molecule has 0 bridgehead atoms. The molecule has 0 saturated carbocycles. The lowest BCUT2D eigenvalue weighted by atomic mass is 10.1. The minimum absolute atomic E-state index is 0.294. The summed E-state index contributed by atoms with van der Waals surface area (Å²) in [5.74, 6) is -0.294. The predicted molar refractivity (Wildman–Crippen MR) is 88.6 cm³/mol. The molecule has 0 atom stereocenters. The van der Waals surface area contributed by atoms with Crippen molar-refractivity contribution in [2.75, 3.05) is 5.32 Å². The molecule has 4 nitrogen and oxygen atoms in total. The number of nitrogens with zero attached hydrogens (tertiary/aromatic N) is 2. The van der Waals surface area contributed by atoms with Crippen molar-refractivity contribution in [2.24, 2.45) is 0 Å². The van der Waals surface area contributed by atoms with Gasteiger partial charge in [-0.25, -0.2) is 4.98 Å². The highest BCUT2D eigenvalue weighted by Crippen LogP contribution is 2.30. The molecule has 25 heavy (non-hydrogen) atoms. The highest BCUT2D eigenvalue weighted by molar-refractivity contribution is 7.15. The lowest BCUT2D eigenvalue weighted by Gasteiger charge is -2.06. The van der Waals surface area contributed by atoms with Crippen molar-refractivity contribution in [3.05, 3.63) is 76.6 Å². The third-order valence-electron chi connectivity index (χ3n) is 3.38. The van der Waals surface area contributed by atoms with Gasteiger partial charge in [0.15, 0.2) is 5.13 Å². The number of pyridine rings is 1. The van der Waals surface area contributed by atoms with Crippen LogP contribution < -0.4 is 5.32 Å². The minimum Gasteiger partial charge on any atom is -0.298 e. The van der Waals surface area contributed by atoms with Gasteiger partial charge >= 0.3 is 6.18 Å².